The van der Waals surface area contributed by atoms with Crippen LogP contribution in [0.15, 0.2) is 38.6 Å². The van der Waals surface area contributed by atoms with Crippen molar-refractivity contribution in [2.75, 3.05) is 5.73 Å². The molecule has 4 nitrogen and oxygen atoms in total. The van der Waals surface area contributed by atoms with Crippen LogP contribution in [-0.4, -0.2) is 9.97 Å². The first-order valence-corrected chi connectivity index (χ1v) is 8.18. The Balaban J connectivity index is 1.87. The van der Waals surface area contributed by atoms with Crippen LogP contribution in [0.1, 0.15) is 5.82 Å². The van der Waals surface area contributed by atoms with Gasteiger partial charge in [0.25, 0.3) is 0 Å². The normalized spacial score (nSPS) is 10.9. The highest BCUT2D eigenvalue weighted by Gasteiger charge is 2.10. The van der Waals surface area contributed by atoms with E-state index in [1.54, 1.807) is 0 Å². The summed E-state index contributed by atoms with van der Waals surface area (Å²) in [7, 11) is 0. The molecule has 0 bridgehead atoms. The molecule has 0 amide bonds. The minimum Gasteiger partial charge on any atom is -0.483 e. The lowest BCUT2D eigenvalue weighted by Gasteiger charge is -2.09. The van der Waals surface area contributed by atoms with Crippen molar-refractivity contribution < 1.29 is 4.74 Å². The van der Waals surface area contributed by atoms with Crippen molar-refractivity contribution in [1.82, 2.24) is 9.97 Å². The molecule has 7 heteroatoms. The summed E-state index contributed by atoms with van der Waals surface area (Å²) in [5.74, 6) is 1.78. The summed E-state index contributed by atoms with van der Waals surface area (Å²) in [6.07, 6.45) is 0. The molecule has 0 atom stereocenters. The van der Waals surface area contributed by atoms with Gasteiger partial charge < -0.3 is 10.5 Å². The Kier molecular flexibility index (Phi) is 3.91. The lowest BCUT2D eigenvalue weighted by Crippen LogP contribution is -2.04. The van der Waals surface area contributed by atoms with Gasteiger partial charge in [-0.15, -0.1) is 11.3 Å². The fraction of sp³-hybridized carbons (Fsp3) is 0.0769. The maximum atomic E-state index is 5.91. The molecule has 0 saturated heterocycles. The minimum atomic E-state index is 0.263. The molecule has 2 N–H and O–H groups in total. The highest BCUT2D eigenvalue weighted by atomic mass is 79.9. The number of hydrogen-bond donors (Lipinski definition) is 1. The lowest BCUT2D eigenvalue weighted by molar-refractivity contribution is 0.293. The average molecular weight is 415 g/mol. The summed E-state index contributed by atoms with van der Waals surface area (Å²) in [6.45, 7) is 0.263. The Morgan fingerprint density at radius 2 is 1.90 bits per heavy atom. The number of nitrogen functional groups attached to an aromatic ring is 1. The minimum absolute atomic E-state index is 0.263. The summed E-state index contributed by atoms with van der Waals surface area (Å²) < 4.78 is 7.51. The van der Waals surface area contributed by atoms with Crippen LogP contribution in [0, 0.1) is 0 Å². The smallest absolute Gasteiger partial charge is 0.169 e. The number of aromatic nitrogens is 2. The van der Waals surface area contributed by atoms with E-state index in [4.69, 9.17) is 10.5 Å². The van der Waals surface area contributed by atoms with Gasteiger partial charge in [-0.25, -0.2) is 9.97 Å². The molecule has 102 valence electrons. The molecule has 2 aromatic heterocycles. The number of hydrogen-bond acceptors (Lipinski definition) is 5. The van der Waals surface area contributed by atoms with Crippen molar-refractivity contribution in [1.29, 1.82) is 0 Å². The van der Waals surface area contributed by atoms with Crippen molar-refractivity contribution in [3.8, 4) is 5.75 Å². The van der Waals surface area contributed by atoms with E-state index in [-0.39, 0.29) is 6.61 Å². The molecule has 0 unspecified atom stereocenters. The number of thiophene rings is 1. The number of nitrogens with zero attached hydrogens (tertiary/aromatic N) is 2. The fourth-order valence-corrected chi connectivity index (χ4v) is 3.76. The second kappa shape index (κ2) is 5.67. The number of rotatable bonds is 3. The molecular formula is C13H9Br2N3OS. The number of nitrogens with two attached hydrogens (primary N) is 1. The third-order valence-electron chi connectivity index (χ3n) is 2.67. The van der Waals surface area contributed by atoms with Gasteiger partial charge in [0.2, 0.25) is 0 Å². The van der Waals surface area contributed by atoms with Gasteiger partial charge in [0.05, 0.1) is 14.3 Å². The van der Waals surface area contributed by atoms with E-state index >= 15 is 0 Å². The van der Waals surface area contributed by atoms with E-state index in [2.05, 4.69) is 41.8 Å². The van der Waals surface area contributed by atoms with Crippen LogP contribution in [0.5, 0.6) is 5.75 Å². The van der Waals surface area contributed by atoms with E-state index < -0.39 is 0 Å². The topological polar surface area (TPSA) is 61.0 Å². The summed E-state index contributed by atoms with van der Waals surface area (Å²) in [6, 6.07) is 7.67. The SMILES string of the molecule is Nc1nc(COc2c(Br)cccc2Br)nc2sccc12. The Bertz CT molecular complexity index is 755. The van der Waals surface area contributed by atoms with Gasteiger partial charge in [0.15, 0.2) is 5.82 Å². The highest BCUT2D eigenvalue weighted by molar-refractivity contribution is 9.11. The quantitative estimate of drug-likeness (QED) is 0.690. The van der Waals surface area contributed by atoms with Gasteiger partial charge in [-0.3, -0.25) is 0 Å². The maximum absolute atomic E-state index is 5.91. The molecule has 1 aromatic carbocycles. The predicted octanol–water partition coefficient (Wildman–Crippen LogP) is 4.38. The van der Waals surface area contributed by atoms with E-state index in [0.29, 0.717) is 11.6 Å². The predicted molar refractivity (Wildman–Crippen MR) is 88.0 cm³/mol. The number of para-hydroxylation sites is 1. The molecule has 0 spiro atoms. The van der Waals surface area contributed by atoms with Gasteiger partial charge in [-0.1, -0.05) is 6.07 Å². The van der Waals surface area contributed by atoms with Crippen molar-refractivity contribution in [2.45, 2.75) is 6.61 Å². The van der Waals surface area contributed by atoms with Crippen molar-refractivity contribution >= 4 is 59.2 Å². The summed E-state index contributed by atoms with van der Waals surface area (Å²) in [5.41, 5.74) is 5.91. The summed E-state index contributed by atoms with van der Waals surface area (Å²) >= 11 is 8.44. The Hall–Kier alpha value is -1.18. The lowest BCUT2D eigenvalue weighted by atomic mass is 10.3. The van der Waals surface area contributed by atoms with Crippen LogP contribution in [0.3, 0.4) is 0 Å². The first kappa shape index (κ1) is 13.8. The zero-order valence-electron chi connectivity index (χ0n) is 10.1. The molecule has 3 rings (SSSR count). The van der Waals surface area contributed by atoms with Crippen molar-refractivity contribution in [3.63, 3.8) is 0 Å². The molecule has 2 heterocycles. The third kappa shape index (κ3) is 2.65. The summed E-state index contributed by atoms with van der Waals surface area (Å²) in [4.78, 5) is 9.59. The van der Waals surface area contributed by atoms with Crippen LogP contribution in [-0.2, 0) is 6.61 Å². The first-order valence-electron chi connectivity index (χ1n) is 5.71. The van der Waals surface area contributed by atoms with E-state index in [1.807, 2.05) is 29.6 Å². The van der Waals surface area contributed by atoms with Crippen LogP contribution >= 0.6 is 43.2 Å². The molecule has 20 heavy (non-hydrogen) atoms. The van der Waals surface area contributed by atoms with Crippen LogP contribution < -0.4 is 10.5 Å². The molecule has 0 radical (unpaired) electrons. The van der Waals surface area contributed by atoms with Crippen LogP contribution in [0.2, 0.25) is 0 Å². The number of fused-ring (bicyclic) bond motifs is 1. The van der Waals surface area contributed by atoms with Crippen molar-refractivity contribution in [3.05, 3.63) is 44.4 Å². The van der Waals surface area contributed by atoms with Gasteiger partial charge in [0.1, 0.15) is 23.0 Å². The van der Waals surface area contributed by atoms with Crippen molar-refractivity contribution in [2.24, 2.45) is 0 Å². The zero-order valence-corrected chi connectivity index (χ0v) is 14.1. The largest absolute Gasteiger partial charge is 0.483 e. The van der Waals surface area contributed by atoms with Gasteiger partial charge >= 0.3 is 0 Å². The first-order chi connectivity index (χ1) is 9.65. The molecular weight excluding hydrogens is 406 g/mol. The van der Waals surface area contributed by atoms with Gasteiger partial charge in [-0.2, -0.15) is 0 Å². The van der Waals surface area contributed by atoms with Gasteiger partial charge in [-0.05, 0) is 55.4 Å². The number of anilines is 1. The van der Waals surface area contributed by atoms with E-state index in [1.165, 1.54) is 11.3 Å². The van der Waals surface area contributed by atoms with Gasteiger partial charge in [0, 0.05) is 0 Å². The Morgan fingerprint density at radius 3 is 2.65 bits per heavy atom. The monoisotopic (exact) mass is 413 g/mol. The molecule has 0 aliphatic heterocycles. The average Bonchev–Trinajstić information content (AvgIpc) is 2.87. The summed E-state index contributed by atoms with van der Waals surface area (Å²) in [5, 5.41) is 2.84. The fourth-order valence-electron chi connectivity index (χ4n) is 1.75. The number of ether oxygens (including phenoxy) is 1. The molecule has 0 aliphatic rings. The van der Waals surface area contributed by atoms with Crippen LogP contribution in [0.4, 0.5) is 5.82 Å². The molecule has 0 aliphatic carbocycles. The molecule has 0 fully saturated rings. The van der Waals surface area contributed by atoms with E-state index in [0.717, 1.165) is 24.9 Å². The third-order valence-corrected chi connectivity index (χ3v) is 4.72. The second-order valence-electron chi connectivity index (χ2n) is 4.00. The number of benzene rings is 1. The van der Waals surface area contributed by atoms with Crippen LogP contribution in [0.25, 0.3) is 10.2 Å². The zero-order chi connectivity index (χ0) is 14.1. The molecule has 0 saturated carbocycles. The highest BCUT2D eigenvalue weighted by Crippen LogP contribution is 2.33. The van der Waals surface area contributed by atoms with E-state index in [9.17, 15) is 0 Å². The Morgan fingerprint density at radius 1 is 1.15 bits per heavy atom. The Labute approximate surface area is 136 Å². The standard InChI is InChI=1S/C13H9Br2N3OS/c14-8-2-1-3-9(15)11(8)19-6-10-17-12(16)7-4-5-20-13(7)18-10/h1-5H,6H2,(H2,16,17,18). The maximum Gasteiger partial charge on any atom is 0.169 e. The second-order valence-corrected chi connectivity index (χ2v) is 6.61. The molecule has 3 aromatic rings. The number of halogens is 2.